The zero-order chi connectivity index (χ0) is 12.3. The highest BCUT2D eigenvalue weighted by molar-refractivity contribution is 6.55. The van der Waals surface area contributed by atoms with Gasteiger partial charge in [-0.05, 0) is 6.92 Å². The first-order valence-electron chi connectivity index (χ1n) is 5.80. The van der Waals surface area contributed by atoms with Gasteiger partial charge in [-0.3, -0.25) is 0 Å². The van der Waals surface area contributed by atoms with Gasteiger partial charge in [0.1, 0.15) is 0 Å². The number of unbranched alkanes of at least 4 members (excludes halogenated alkanes) is 3. The third-order valence-electron chi connectivity index (χ3n) is 2.00. The lowest BCUT2D eigenvalue weighted by Crippen LogP contribution is -1.97. The Labute approximate surface area is 96.0 Å². The fourth-order valence-corrected chi connectivity index (χ4v) is 2.08. The molecule has 0 bridgehead atoms. The van der Waals surface area contributed by atoms with Gasteiger partial charge in [0.25, 0.3) is 0 Å². The largest absolute Gasteiger partial charge is 0.478 e. The first kappa shape index (κ1) is 16.8. The Balaban J connectivity index is 0. The molecule has 0 heterocycles. The van der Waals surface area contributed by atoms with Gasteiger partial charge in [-0.1, -0.05) is 58.3 Å². The van der Waals surface area contributed by atoms with Crippen molar-refractivity contribution in [2.75, 3.05) is 0 Å². The Morgan fingerprint density at radius 1 is 1.27 bits per heavy atom. The molecule has 0 aliphatic heterocycles. The molecule has 0 spiro atoms. The van der Waals surface area contributed by atoms with E-state index in [2.05, 4.69) is 26.6 Å². The fourth-order valence-electron chi connectivity index (χ4n) is 0.979. The van der Waals surface area contributed by atoms with Crippen LogP contribution >= 0.6 is 0 Å². The van der Waals surface area contributed by atoms with Gasteiger partial charge in [0.05, 0.1) is 0 Å². The topological polar surface area (TPSA) is 37.3 Å². The first-order valence-corrected chi connectivity index (χ1v) is 8.93. The molecule has 2 nitrogen and oxygen atoms in total. The van der Waals surface area contributed by atoms with Crippen LogP contribution in [0.4, 0.5) is 0 Å². The summed E-state index contributed by atoms with van der Waals surface area (Å²) in [6, 6.07) is 1.56. The van der Waals surface area contributed by atoms with E-state index in [0.29, 0.717) is 0 Å². The molecule has 0 fully saturated rings. The van der Waals surface area contributed by atoms with Crippen LogP contribution in [0.3, 0.4) is 0 Å². The van der Waals surface area contributed by atoms with E-state index in [-0.39, 0.29) is 14.4 Å². The third-order valence-corrected chi connectivity index (χ3v) is 3.56. The van der Waals surface area contributed by atoms with Crippen molar-refractivity contribution >= 4 is 14.8 Å². The Bertz CT molecular complexity index is 164. The minimum Gasteiger partial charge on any atom is -0.478 e. The molecule has 0 rings (SSSR count). The van der Waals surface area contributed by atoms with Crippen LogP contribution in [0, 0.1) is 0 Å². The van der Waals surface area contributed by atoms with Crippen LogP contribution < -0.4 is 0 Å². The summed E-state index contributed by atoms with van der Waals surface area (Å²) in [7, 11) is -0.213. The minimum absolute atomic E-state index is 0.176. The lowest BCUT2D eigenvalue weighted by molar-refractivity contribution is -0.132. The molecule has 0 saturated heterocycles. The highest BCUT2D eigenvalue weighted by atomic mass is 28.3. The Morgan fingerprint density at radius 2 is 1.73 bits per heavy atom. The van der Waals surface area contributed by atoms with E-state index in [1.807, 2.05) is 0 Å². The lowest BCUT2D eigenvalue weighted by atomic mass is 10.2. The van der Waals surface area contributed by atoms with Gasteiger partial charge in [-0.2, -0.15) is 0 Å². The van der Waals surface area contributed by atoms with Crippen LogP contribution in [0.5, 0.6) is 0 Å². The predicted molar refractivity (Wildman–Crippen MR) is 70.3 cm³/mol. The second-order valence-electron chi connectivity index (χ2n) is 4.33. The number of aliphatic carboxylic acids is 1. The second kappa shape index (κ2) is 11.5. The molecule has 90 valence electrons. The summed E-state index contributed by atoms with van der Waals surface area (Å²) in [5.41, 5.74) is 0.176. The molecule has 0 aromatic rings. The van der Waals surface area contributed by atoms with Crippen molar-refractivity contribution in [2.45, 2.75) is 58.7 Å². The van der Waals surface area contributed by atoms with E-state index in [4.69, 9.17) is 5.11 Å². The number of rotatable bonds is 6. The molecular weight excluding hydrogens is 204 g/mol. The van der Waals surface area contributed by atoms with E-state index in [0.717, 1.165) is 0 Å². The standard InChI is InChI=1S/C8H20Si.C4H6O2/c1-4-5-6-7-8-9(2)3;1-3(2)4(5)6/h9H,4-8H2,1-3H3;1H2,2H3,(H,5,6). The molecule has 0 atom stereocenters. The molecule has 0 radical (unpaired) electrons. The number of hydrogen-bond acceptors (Lipinski definition) is 1. The number of hydrogen-bond donors (Lipinski definition) is 1. The molecule has 0 saturated carbocycles. The van der Waals surface area contributed by atoms with Crippen LogP contribution in [0.1, 0.15) is 39.5 Å². The van der Waals surface area contributed by atoms with Crippen LogP contribution in [0.15, 0.2) is 12.2 Å². The normalized spacial score (nSPS) is 9.40. The number of carboxylic acids is 1. The Hall–Kier alpha value is -0.573. The molecular formula is C12H26O2Si. The fraction of sp³-hybridized carbons (Fsp3) is 0.750. The molecule has 15 heavy (non-hydrogen) atoms. The van der Waals surface area contributed by atoms with Crippen molar-refractivity contribution in [1.82, 2.24) is 0 Å². The maximum absolute atomic E-state index is 9.60. The van der Waals surface area contributed by atoms with Crippen LogP contribution in [-0.4, -0.2) is 19.9 Å². The highest BCUT2D eigenvalue weighted by Gasteiger charge is 1.93. The van der Waals surface area contributed by atoms with Crippen LogP contribution in [-0.2, 0) is 4.79 Å². The number of carboxylic acid groups (broad SMARTS) is 1. The SMILES string of the molecule is C=C(C)C(=O)O.CCCCCC[SiH](C)C. The monoisotopic (exact) mass is 230 g/mol. The summed E-state index contributed by atoms with van der Waals surface area (Å²) in [4.78, 5) is 9.60. The lowest BCUT2D eigenvalue weighted by Gasteiger charge is -2.00. The van der Waals surface area contributed by atoms with E-state index in [9.17, 15) is 4.79 Å². The van der Waals surface area contributed by atoms with Gasteiger partial charge >= 0.3 is 5.97 Å². The maximum atomic E-state index is 9.60. The average molecular weight is 230 g/mol. The van der Waals surface area contributed by atoms with Gasteiger partial charge in [0, 0.05) is 14.4 Å². The van der Waals surface area contributed by atoms with E-state index >= 15 is 0 Å². The molecule has 3 heteroatoms. The van der Waals surface area contributed by atoms with Crippen molar-refractivity contribution < 1.29 is 9.90 Å². The summed E-state index contributed by atoms with van der Waals surface area (Å²) in [6.45, 7) is 11.7. The highest BCUT2D eigenvalue weighted by Crippen LogP contribution is 2.05. The summed E-state index contributed by atoms with van der Waals surface area (Å²) < 4.78 is 0. The molecule has 0 aromatic carbocycles. The summed E-state index contributed by atoms with van der Waals surface area (Å²) >= 11 is 0. The maximum Gasteiger partial charge on any atom is 0.330 e. The molecule has 0 unspecified atom stereocenters. The zero-order valence-electron chi connectivity index (χ0n) is 10.7. The van der Waals surface area contributed by atoms with E-state index in [1.54, 1.807) is 6.04 Å². The summed E-state index contributed by atoms with van der Waals surface area (Å²) in [6.07, 6.45) is 5.79. The minimum atomic E-state index is -0.935. The van der Waals surface area contributed by atoms with Gasteiger partial charge in [0.15, 0.2) is 0 Å². The molecule has 0 aliphatic rings. The Kier molecular flexibility index (Phi) is 12.9. The van der Waals surface area contributed by atoms with Gasteiger partial charge < -0.3 is 5.11 Å². The molecule has 0 aliphatic carbocycles. The average Bonchev–Trinajstić information content (AvgIpc) is 2.13. The second-order valence-corrected chi connectivity index (χ2v) is 7.69. The van der Waals surface area contributed by atoms with E-state index < -0.39 is 5.97 Å². The Morgan fingerprint density at radius 3 is 2.00 bits per heavy atom. The summed E-state index contributed by atoms with van der Waals surface area (Å²) in [5, 5.41) is 7.89. The van der Waals surface area contributed by atoms with Gasteiger partial charge in [-0.25, -0.2) is 4.79 Å². The van der Waals surface area contributed by atoms with Crippen molar-refractivity contribution in [3.8, 4) is 0 Å². The van der Waals surface area contributed by atoms with Crippen molar-refractivity contribution in [3.05, 3.63) is 12.2 Å². The molecule has 0 aromatic heterocycles. The van der Waals surface area contributed by atoms with Crippen molar-refractivity contribution in [2.24, 2.45) is 0 Å². The zero-order valence-corrected chi connectivity index (χ0v) is 11.8. The smallest absolute Gasteiger partial charge is 0.330 e. The third kappa shape index (κ3) is 19.7. The van der Waals surface area contributed by atoms with Gasteiger partial charge in [0.2, 0.25) is 0 Å². The van der Waals surface area contributed by atoms with Crippen molar-refractivity contribution in [3.63, 3.8) is 0 Å². The van der Waals surface area contributed by atoms with E-state index in [1.165, 1.54) is 32.6 Å². The van der Waals surface area contributed by atoms with Gasteiger partial charge in [-0.15, -0.1) is 0 Å². The molecule has 0 amide bonds. The van der Waals surface area contributed by atoms with Crippen molar-refractivity contribution in [1.29, 1.82) is 0 Å². The van der Waals surface area contributed by atoms with Crippen LogP contribution in [0.25, 0.3) is 0 Å². The predicted octanol–water partition coefficient (Wildman–Crippen LogP) is 3.70. The van der Waals surface area contributed by atoms with Crippen LogP contribution in [0.2, 0.25) is 19.1 Å². The summed E-state index contributed by atoms with van der Waals surface area (Å²) in [5.74, 6) is -0.935. The molecule has 1 N–H and O–H groups in total. The number of carbonyl (C=O) groups is 1. The quantitative estimate of drug-likeness (QED) is 0.429. The first-order chi connectivity index (χ1) is 6.91.